The Kier molecular flexibility index (Phi) is 4.21. The molecule has 1 atom stereocenters. The molecule has 0 fully saturated rings. The average molecular weight is 427 g/mol. The van der Waals surface area contributed by atoms with Crippen LogP contribution >= 0.6 is 66.1 Å². The minimum atomic E-state index is -0.0301. The molecule has 3 rings (SSSR count). The van der Waals surface area contributed by atoms with E-state index in [0.717, 1.165) is 7.57 Å². The van der Waals surface area contributed by atoms with Gasteiger partial charge in [-0.05, 0) is 75.2 Å². The molecule has 1 aliphatic carbocycles. The summed E-state index contributed by atoms with van der Waals surface area (Å²) in [5.74, 6) is 0. The van der Waals surface area contributed by atoms with E-state index in [0.29, 0.717) is 0 Å². The summed E-state index contributed by atoms with van der Waals surface area (Å²) in [5.41, 5.74) is 2.70. The molecule has 0 aromatic carbocycles. The standard InChI is InChI=1S/C13H11Br2ClS2/c14-11-6-8(13(15)18-11)12(16)10-5-7-3-1-2-4-9(7)17-10/h5-6,12H,1-4H2. The fourth-order valence-electron chi connectivity index (χ4n) is 2.32. The summed E-state index contributed by atoms with van der Waals surface area (Å²) in [6.45, 7) is 0. The Balaban J connectivity index is 1.94. The van der Waals surface area contributed by atoms with Gasteiger partial charge in [-0.3, -0.25) is 0 Å². The van der Waals surface area contributed by atoms with Gasteiger partial charge in [-0.25, -0.2) is 0 Å². The van der Waals surface area contributed by atoms with Gasteiger partial charge in [-0.1, -0.05) is 0 Å². The van der Waals surface area contributed by atoms with Crippen molar-refractivity contribution in [1.29, 1.82) is 0 Å². The van der Waals surface area contributed by atoms with Gasteiger partial charge in [0.25, 0.3) is 0 Å². The summed E-state index contributed by atoms with van der Waals surface area (Å²) in [5, 5.41) is -0.0301. The van der Waals surface area contributed by atoms with E-state index in [1.807, 2.05) is 11.3 Å². The van der Waals surface area contributed by atoms with Crippen LogP contribution in [-0.2, 0) is 12.8 Å². The molecule has 96 valence electrons. The van der Waals surface area contributed by atoms with Crippen molar-refractivity contribution in [2.24, 2.45) is 0 Å². The van der Waals surface area contributed by atoms with Crippen molar-refractivity contribution in [2.45, 2.75) is 31.1 Å². The highest BCUT2D eigenvalue weighted by Crippen LogP contribution is 2.44. The van der Waals surface area contributed by atoms with Crippen LogP contribution in [0.25, 0.3) is 0 Å². The van der Waals surface area contributed by atoms with Crippen molar-refractivity contribution in [3.63, 3.8) is 0 Å². The third kappa shape index (κ3) is 2.59. The molecule has 1 unspecified atom stereocenters. The van der Waals surface area contributed by atoms with E-state index in [-0.39, 0.29) is 5.38 Å². The topological polar surface area (TPSA) is 0 Å². The highest BCUT2D eigenvalue weighted by molar-refractivity contribution is 9.12. The molecule has 1 aliphatic rings. The molecule has 0 bridgehead atoms. The van der Waals surface area contributed by atoms with Crippen molar-refractivity contribution in [3.8, 4) is 0 Å². The Morgan fingerprint density at radius 3 is 2.56 bits per heavy atom. The van der Waals surface area contributed by atoms with Crippen molar-refractivity contribution in [2.75, 3.05) is 0 Å². The second kappa shape index (κ2) is 5.57. The predicted octanol–water partition coefficient (Wildman–Crippen LogP) is 6.54. The molecule has 18 heavy (non-hydrogen) atoms. The third-order valence-corrected chi connectivity index (χ3v) is 7.51. The molecule has 2 heterocycles. The summed E-state index contributed by atoms with van der Waals surface area (Å²) >= 11 is 17.3. The first-order valence-electron chi connectivity index (χ1n) is 5.85. The summed E-state index contributed by atoms with van der Waals surface area (Å²) in [6, 6.07) is 4.43. The molecule has 0 amide bonds. The highest BCUT2D eigenvalue weighted by Gasteiger charge is 2.21. The van der Waals surface area contributed by atoms with Crippen LogP contribution in [0, 0.1) is 0 Å². The first kappa shape index (κ1) is 13.6. The van der Waals surface area contributed by atoms with Crippen molar-refractivity contribution >= 4 is 66.1 Å². The molecule has 0 aliphatic heterocycles. The summed E-state index contributed by atoms with van der Waals surface area (Å²) < 4.78 is 2.25. The van der Waals surface area contributed by atoms with Gasteiger partial charge in [-0.15, -0.1) is 34.3 Å². The lowest BCUT2D eigenvalue weighted by molar-refractivity contribution is 0.697. The zero-order valence-electron chi connectivity index (χ0n) is 9.51. The van der Waals surface area contributed by atoms with Crippen molar-refractivity contribution in [1.82, 2.24) is 0 Å². The quantitative estimate of drug-likeness (QED) is 0.478. The number of halogens is 3. The Hall–Kier alpha value is 0.650. The molecule has 0 N–H and O–H groups in total. The van der Waals surface area contributed by atoms with Gasteiger partial charge in [0, 0.05) is 15.3 Å². The molecule has 0 radical (unpaired) electrons. The predicted molar refractivity (Wildman–Crippen MR) is 88.4 cm³/mol. The lowest BCUT2D eigenvalue weighted by Crippen LogP contribution is -1.96. The molecule has 0 nitrogen and oxygen atoms in total. The van der Waals surface area contributed by atoms with Gasteiger partial charge >= 0.3 is 0 Å². The van der Waals surface area contributed by atoms with Crippen LogP contribution in [0.3, 0.4) is 0 Å². The Bertz CT molecular complexity index is 550. The number of rotatable bonds is 2. The van der Waals surface area contributed by atoms with Gasteiger partial charge < -0.3 is 0 Å². The van der Waals surface area contributed by atoms with E-state index in [9.17, 15) is 0 Å². The van der Waals surface area contributed by atoms with Crippen LogP contribution in [0.5, 0.6) is 0 Å². The van der Waals surface area contributed by atoms with Crippen LogP contribution < -0.4 is 0 Å². The van der Waals surface area contributed by atoms with Crippen molar-refractivity contribution in [3.05, 3.63) is 40.6 Å². The lowest BCUT2D eigenvalue weighted by atomic mass is 9.99. The number of thiophene rings is 2. The van der Waals surface area contributed by atoms with Gasteiger partial charge in [0.05, 0.1) is 12.9 Å². The van der Waals surface area contributed by atoms with Gasteiger partial charge in [0.2, 0.25) is 0 Å². The molecular formula is C13H11Br2ClS2. The van der Waals surface area contributed by atoms with E-state index >= 15 is 0 Å². The zero-order chi connectivity index (χ0) is 12.7. The molecule has 2 aromatic heterocycles. The minimum Gasteiger partial charge on any atom is -0.143 e. The number of hydrogen-bond donors (Lipinski definition) is 0. The molecule has 0 saturated carbocycles. The largest absolute Gasteiger partial charge is 0.143 e. The fourth-order valence-corrected chi connectivity index (χ4v) is 7.04. The second-order valence-electron chi connectivity index (χ2n) is 4.45. The smallest absolute Gasteiger partial charge is 0.0947 e. The maximum absolute atomic E-state index is 6.64. The molecule has 2 aromatic rings. The van der Waals surface area contributed by atoms with E-state index in [1.54, 1.807) is 16.2 Å². The number of fused-ring (bicyclic) bond motifs is 1. The summed E-state index contributed by atoms with van der Waals surface area (Å²) in [4.78, 5) is 2.84. The van der Waals surface area contributed by atoms with Gasteiger partial charge in [-0.2, -0.15) is 0 Å². The normalized spacial score (nSPS) is 16.6. The maximum atomic E-state index is 6.64. The van der Waals surface area contributed by atoms with Crippen LogP contribution in [0.2, 0.25) is 0 Å². The van der Waals surface area contributed by atoms with Crippen molar-refractivity contribution < 1.29 is 0 Å². The number of aryl methyl sites for hydroxylation is 2. The SMILES string of the molecule is ClC(c1cc2c(s1)CCCC2)c1cc(Br)sc1Br. The van der Waals surface area contributed by atoms with Gasteiger partial charge in [0.1, 0.15) is 0 Å². The minimum absolute atomic E-state index is 0.0301. The van der Waals surface area contributed by atoms with E-state index in [2.05, 4.69) is 44.0 Å². The summed E-state index contributed by atoms with van der Waals surface area (Å²) in [7, 11) is 0. The zero-order valence-corrected chi connectivity index (χ0v) is 15.1. The lowest BCUT2D eigenvalue weighted by Gasteiger charge is -2.08. The average Bonchev–Trinajstić information content (AvgIpc) is 2.91. The molecule has 0 spiro atoms. The molecule has 5 heteroatoms. The van der Waals surface area contributed by atoms with Crippen LogP contribution in [0.4, 0.5) is 0 Å². The molecular weight excluding hydrogens is 416 g/mol. The fraction of sp³-hybridized carbons (Fsp3) is 0.385. The Morgan fingerprint density at radius 2 is 1.89 bits per heavy atom. The van der Waals surface area contributed by atoms with E-state index in [4.69, 9.17) is 11.6 Å². The number of alkyl halides is 1. The summed E-state index contributed by atoms with van der Waals surface area (Å²) in [6.07, 6.45) is 5.11. The van der Waals surface area contributed by atoms with E-state index < -0.39 is 0 Å². The van der Waals surface area contributed by atoms with E-state index in [1.165, 1.54) is 41.7 Å². The third-order valence-electron chi connectivity index (χ3n) is 3.22. The first-order valence-corrected chi connectivity index (χ1v) is 9.51. The number of hydrogen-bond acceptors (Lipinski definition) is 2. The molecule has 0 saturated heterocycles. The van der Waals surface area contributed by atoms with Crippen LogP contribution in [0.15, 0.2) is 19.7 Å². The maximum Gasteiger partial charge on any atom is 0.0947 e. The van der Waals surface area contributed by atoms with Crippen LogP contribution in [-0.4, -0.2) is 0 Å². The Morgan fingerprint density at radius 1 is 1.11 bits per heavy atom. The van der Waals surface area contributed by atoms with Crippen LogP contribution in [0.1, 0.15) is 39.1 Å². The first-order chi connectivity index (χ1) is 8.65. The monoisotopic (exact) mass is 424 g/mol. The Labute approximate surface area is 137 Å². The second-order valence-corrected chi connectivity index (χ2v) is 9.80. The van der Waals surface area contributed by atoms with Gasteiger partial charge in [0.15, 0.2) is 0 Å². The highest BCUT2D eigenvalue weighted by atomic mass is 79.9.